The van der Waals surface area contributed by atoms with Gasteiger partial charge in [-0.1, -0.05) is 19.1 Å². The van der Waals surface area contributed by atoms with E-state index in [2.05, 4.69) is 0 Å². The number of nitrogens with two attached hydrogens (primary N) is 1. The van der Waals surface area contributed by atoms with Crippen molar-refractivity contribution in [2.24, 2.45) is 11.7 Å². The van der Waals surface area contributed by atoms with Crippen LogP contribution < -0.4 is 10.5 Å². The average Bonchev–Trinajstić information content (AvgIpc) is 2.38. The smallest absolute Gasteiger partial charge is 0.168 e. The van der Waals surface area contributed by atoms with Crippen LogP contribution in [0.5, 0.6) is 5.75 Å². The first-order valence-electron chi connectivity index (χ1n) is 6.11. The normalized spacial score (nSPS) is 12.2. The first kappa shape index (κ1) is 14.6. The van der Waals surface area contributed by atoms with Gasteiger partial charge in [0.05, 0.1) is 7.11 Å². The molecule has 1 aromatic carbocycles. The molecule has 1 rings (SSSR count). The zero-order valence-corrected chi connectivity index (χ0v) is 10.9. The highest BCUT2D eigenvalue weighted by Crippen LogP contribution is 2.21. The predicted molar refractivity (Wildman–Crippen MR) is 69.1 cm³/mol. The molecule has 0 radical (unpaired) electrons. The van der Waals surface area contributed by atoms with Crippen LogP contribution in [0.15, 0.2) is 18.2 Å². The molecule has 0 aliphatic carbocycles. The minimum Gasteiger partial charge on any atom is -0.494 e. The van der Waals surface area contributed by atoms with Gasteiger partial charge in [0.1, 0.15) is 5.78 Å². The third-order valence-electron chi connectivity index (χ3n) is 2.97. The van der Waals surface area contributed by atoms with Crippen LogP contribution in [0.1, 0.15) is 25.3 Å². The molecule has 0 aromatic heterocycles. The molecule has 0 saturated carbocycles. The second-order valence-electron chi connectivity index (χ2n) is 4.53. The number of ether oxygens (including phenoxy) is 1. The Morgan fingerprint density at radius 1 is 1.50 bits per heavy atom. The number of rotatable bonds is 7. The van der Waals surface area contributed by atoms with Crippen molar-refractivity contribution in [3.05, 3.63) is 29.6 Å². The fourth-order valence-corrected chi connectivity index (χ4v) is 1.68. The van der Waals surface area contributed by atoms with Gasteiger partial charge < -0.3 is 10.5 Å². The lowest BCUT2D eigenvalue weighted by atomic mass is 10.00. The van der Waals surface area contributed by atoms with Crippen molar-refractivity contribution in [1.82, 2.24) is 0 Å². The van der Waals surface area contributed by atoms with E-state index in [0.29, 0.717) is 24.4 Å². The lowest BCUT2D eigenvalue weighted by Crippen LogP contribution is -2.13. The van der Waals surface area contributed by atoms with Gasteiger partial charge in [-0.2, -0.15) is 0 Å². The van der Waals surface area contributed by atoms with E-state index in [1.807, 2.05) is 6.92 Å². The van der Waals surface area contributed by atoms with Gasteiger partial charge in [0.15, 0.2) is 11.6 Å². The molecule has 1 unspecified atom stereocenters. The van der Waals surface area contributed by atoms with Gasteiger partial charge in [-0.3, -0.25) is 4.79 Å². The average molecular weight is 253 g/mol. The molecule has 3 nitrogen and oxygen atoms in total. The molecule has 18 heavy (non-hydrogen) atoms. The van der Waals surface area contributed by atoms with Gasteiger partial charge in [-0.15, -0.1) is 0 Å². The molecule has 0 amide bonds. The summed E-state index contributed by atoms with van der Waals surface area (Å²) in [4.78, 5) is 11.7. The summed E-state index contributed by atoms with van der Waals surface area (Å²) < 4.78 is 18.7. The standard InChI is InChI=1S/C14H20FNO2/c1-10(9-16)6-7-12(17)8-11-4-3-5-13(18-2)14(11)15/h3-5,10H,6-9,16H2,1-2H3. The molecule has 0 saturated heterocycles. The minimum atomic E-state index is -0.444. The Labute approximate surface area is 107 Å². The highest BCUT2D eigenvalue weighted by Gasteiger charge is 2.12. The zero-order valence-electron chi connectivity index (χ0n) is 10.9. The number of benzene rings is 1. The Morgan fingerprint density at radius 2 is 2.22 bits per heavy atom. The van der Waals surface area contributed by atoms with Crippen LogP contribution in [-0.2, 0) is 11.2 Å². The summed E-state index contributed by atoms with van der Waals surface area (Å²) in [6.07, 6.45) is 1.30. The Morgan fingerprint density at radius 3 is 2.83 bits per heavy atom. The van der Waals surface area contributed by atoms with Gasteiger partial charge in [0.25, 0.3) is 0 Å². The molecule has 4 heteroatoms. The molecular weight excluding hydrogens is 233 g/mol. The van der Waals surface area contributed by atoms with E-state index in [4.69, 9.17) is 10.5 Å². The first-order valence-corrected chi connectivity index (χ1v) is 6.11. The summed E-state index contributed by atoms with van der Waals surface area (Å²) >= 11 is 0. The van der Waals surface area contributed by atoms with Gasteiger partial charge in [-0.05, 0) is 30.5 Å². The maximum atomic E-state index is 13.8. The minimum absolute atomic E-state index is 0.0300. The van der Waals surface area contributed by atoms with Gasteiger partial charge >= 0.3 is 0 Å². The van der Waals surface area contributed by atoms with Gasteiger partial charge in [-0.25, -0.2) is 4.39 Å². The quantitative estimate of drug-likeness (QED) is 0.811. The largest absolute Gasteiger partial charge is 0.494 e. The van der Waals surface area contributed by atoms with Crippen LogP contribution in [-0.4, -0.2) is 19.4 Å². The predicted octanol–water partition coefficient (Wildman–Crippen LogP) is 2.32. The molecule has 100 valence electrons. The van der Waals surface area contributed by atoms with Crippen molar-refractivity contribution in [2.75, 3.05) is 13.7 Å². The second kappa shape index (κ2) is 7.11. The summed E-state index contributed by atoms with van der Waals surface area (Å²) in [5.74, 6) is 0.0856. The number of carbonyl (C=O) groups excluding carboxylic acids is 1. The highest BCUT2D eigenvalue weighted by atomic mass is 19.1. The lowest BCUT2D eigenvalue weighted by molar-refractivity contribution is -0.118. The molecule has 0 fully saturated rings. The third-order valence-corrected chi connectivity index (χ3v) is 2.97. The Balaban J connectivity index is 2.59. The fourth-order valence-electron chi connectivity index (χ4n) is 1.68. The maximum Gasteiger partial charge on any atom is 0.168 e. The van der Waals surface area contributed by atoms with Gasteiger partial charge in [0, 0.05) is 12.8 Å². The number of carbonyl (C=O) groups is 1. The monoisotopic (exact) mass is 253 g/mol. The van der Waals surface area contributed by atoms with E-state index in [0.717, 1.165) is 6.42 Å². The zero-order chi connectivity index (χ0) is 13.5. The van der Waals surface area contributed by atoms with Crippen molar-refractivity contribution >= 4 is 5.78 Å². The molecule has 0 aliphatic heterocycles. The van der Waals surface area contributed by atoms with E-state index in [1.54, 1.807) is 18.2 Å². The summed E-state index contributed by atoms with van der Waals surface area (Å²) in [5, 5.41) is 0. The van der Waals surface area contributed by atoms with Crippen LogP contribution in [0.4, 0.5) is 4.39 Å². The number of methoxy groups -OCH3 is 1. The molecule has 1 aromatic rings. The van der Waals surface area contributed by atoms with Crippen LogP contribution in [0.25, 0.3) is 0 Å². The highest BCUT2D eigenvalue weighted by molar-refractivity contribution is 5.81. The van der Waals surface area contributed by atoms with E-state index in [-0.39, 0.29) is 18.0 Å². The van der Waals surface area contributed by atoms with Crippen LogP contribution >= 0.6 is 0 Å². The first-order chi connectivity index (χ1) is 8.58. The second-order valence-corrected chi connectivity index (χ2v) is 4.53. The molecular formula is C14H20FNO2. The maximum absolute atomic E-state index is 13.8. The molecule has 0 spiro atoms. The van der Waals surface area contributed by atoms with Crippen molar-refractivity contribution < 1.29 is 13.9 Å². The third kappa shape index (κ3) is 4.11. The van der Waals surface area contributed by atoms with Crippen LogP contribution in [0, 0.1) is 11.7 Å². The summed E-state index contributed by atoms with van der Waals surface area (Å²) in [6, 6.07) is 4.84. The Hall–Kier alpha value is -1.42. The van der Waals surface area contributed by atoms with Crippen LogP contribution in [0.3, 0.4) is 0 Å². The number of hydrogen-bond acceptors (Lipinski definition) is 3. The van der Waals surface area contributed by atoms with E-state index < -0.39 is 5.82 Å². The van der Waals surface area contributed by atoms with E-state index in [1.165, 1.54) is 7.11 Å². The molecule has 2 N–H and O–H groups in total. The topological polar surface area (TPSA) is 52.3 Å². The molecule has 1 atom stereocenters. The Bertz CT molecular complexity index is 407. The van der Waals surface area contributed by atoms with Crippen molar-refractivity contribution in [3.8, 4) is 5.75 Å². The summed E-state index contributed by atoms with van der Waals surface area (Å²) in [7, 11) is 1.41. The van der Waals surface area contributed by atoms with Crippen LogP contribution in [0.2, 0.25) is 0 Å². The summed E-state index contributed by atoms with van der Waals surface area (Å²) in [6.45, 7) is 2.57. The molecule has 0 aliphatic rings. The van der Waals surface area contributed by atoms with Crippen molar-refractivity contribution in [1.29, 1.82) is 0 Å². The SMILES string of the molecule is COc1cccc(CC(=O)CCC(C)CN)c1F. The van der Waals surface area contributed by atoms with E-state index >= 15 is 0 Å². The van der Waals surface area contributed by atoms with Crippen molar-refractivity contribution in [2.45, 2.75) is 26.2 Å². The number of Topliss-reactive ketones (excluding diaryl/α,β-unsaturated/α-hetero) is 1. The number of ketones is 1. The van der Waals surface area contributed by atoms with Crippen molar-refractivity contribution in [3.63, 3.8) is 0 Å². The summed E-state index contributed by atoms with van der Waals surface area (Å²) in [5.41, 5.74) is 5.87. The number of halogens is 1. The Kier molecular flexibility index (Phi) is 5.78. The lowest BCUT2D eigenvalue weighted by Gasteiger charge is -2.09. The molecule has 0 heterocycles. The van der Waals surface area contributed by atoms with Gasteiger partial charge in [0.2, 0.25) is 0 Å². The number of hydrogen-bond donors (Lipinski definition) is 1. The fraction of sp³-hybridized carbons (Fsp3) is 0.500. The van der Waals surface area contributed by atoms with E-state index in [9.17, 15) is 9.18 Å². The molecule has 0 bridgehead atoms.